The highest BCUT2D eigenvalue weighted by molar-refractivity contribution is 9.11. The van der Waals surface area contributed by atoms with Crippen molar-refractivity contribution < 1.29 is 13.5 Å². The summed E-state index contributed by atoms with van der Waals surface area (Å²) >= 11 is 4.43. The Labute approximate surface area is 120 Å². The molecule has 0 saturated carbocycles. The zero-order valence-electron chi connectivity index (χ0n) is 10.3. The lowest BCUT2D eigenvalue weighted by atomic mass is 10.4. The van der Waals surface area contributed by atoms with Crippen LogP contribution in [0.3, 0.4) is 0 Å². The Hall–Kier alpha value is 0.01000. The molecule has 0 bridgehead atoms. The topological polar surface area (TPSA) is 69.6 Å². The van der Waals surface area contributed by atoms with Crippen LogP contribution in [0.1, 0.15) is 11.3 Å². The molecule has 0 aliphatic heterocycles. The third kappa shape index (κ3) is 4.60. The van der Waals surface area contributed by atoms with Gasteiger partial charge in [-0.15, -0.1) is 11.3 Å². The first-order valence-electron chi connectivity index (χ1n) is 5.40. The van der Waals surface area contributed by atoms with E-state index in [-0.39, 0.29) is 11.5 Å². The van der Waals surface area contributed by atoms with E-state index in [1.54, 1.807) is 0 Å². The van der Waals surface area contributed by atoms with Gasteiger partial charge in [0.2, 0.25) is 10.0 Å². The molecular weight excluding hydrogens is 340 g/mol. The van der Waals surface area contributed by atoms with E-state index in [1.165, 1.54) is 17.4 Å². The number of rotatable bonds is 7. The van der Waals surface area contributed by atoms with Gasteiger partial charge in [-0.25, -0.2) is 13.1 Å². The summed E-state index contributed by atoms with van der Waals surface area (Å²) in [5.74, 6) is 0. The summed E-state index contributed by atoms with van der Waals surface area (Å²) in [6.45, 7) is 1.08. The van der Waals surface area contributed by atoms with Gasteiger partial charge in [0.05, 0.1) is 10.4 Å². The van der Waals surface area contributed by atoms with E-state index in [4.69, 9.17) is 5.11 Å². The summed E-state index contributed by atoms with van der Waals surface area (Å²) in [6, 6.07) is 1.49. The minimum atomic E-state index is -3.49. The Bertz CT molecular complexity index is 485. The van der Waals surface area contributed by atoms with Crippen LogP contribution in [0.5, 0.6) is 0 Å². The first-order valence-corrected chi connectivity index (χ1v) is 8.49. The van der Waals surface area contributed by atoms with Crippen molar-refractivity contribution in [3.05, 3.63) is 14.7 Å². The van der Waals surface area contributed by atoms with Crippen molar-refractivity contribution in [2.45, 2.75) is 17.9 Å². The van der Waals surface area contributed by atoms with Gasteiger partial charge in [0.25, 0.3) is 0 Å². The molecule has 0 amide bonds. The molecule has 1 aromatic rings. The van der Waals surface area contributed by atoms with E-state index in [1.807, 2.05) is 19.0 Å². The van der Waals surface area contributed by atoms with Crippen LogP contribution in [0.25, 0.3) is 0 Å². The van der Waals surface area contributed by atoms with E-state index < -0.39 is 10.0 Å². The highest BCUT2D eigenvalue weighted by Gasteiger charge is 2.20. The monoisotopic (exact) mass is 356 g/mol. The van der Waals surface area contributed by atoms with E-state index in [2.05, 4.69) is 20.7 Å². The number of nitrogens with zero attached hydrogens (tertiary/aromatic N) is 1. The second-order valence-corrected chi connectivity index (χ2v) is 8.25. The molecule has 0 atom stereocenters. The average Bonchev–Trinajstić information content (AvgIpc) is 2.66. The van der Waals surface area contributed by atoms with Crippen molar-refractivity contribution >= 4 is 37.3 Å². The number of aliphatic hydroxyl groups excluding tert-OH is 1. The molecular formula is C10H17BrN2O3S2. The quantitative estimate of drug-likeness (QED) is 0.721. The van der Waals surface area contributed by atoms with Gasteiger partial charge in [-0.05, 0) is 49.1 Å². The number of aliphatic hydroxyl groups is 1. The lowest BCUT2D eigenvalue weighted by molar-refractivity contribution is 0.285. The van der Waals surface area contributed by atoms with Crippen molar-refractivity contribution in [1.82, 2.24) is 9.62 Å². The summed E-state index contributed by atoms with van der Waals surface area (Å²) in [6.07, 6.45) is 0.751. The third-order valence-corrected chi connectivity index (χ3v) is 5.92. The average molecular weight is 357 g/mol. The molecule has 0 unspecified atom stereocenters. The fourth-order valence-corrected chi connectivity index (χ4v) is 4.95. The Morgan fingerprint density at radius 3 is 2.67 bits per heavy atom. The van der Waals surface area contributed by atoms with E-state index >= 15 is 0 Å². The molecule has 0 saturated heterocycles. The van der Waals surface area contributed by atoms with Gasteiger partial charge in [-0.2, -0.15) is 0 Å². The molecule has 1 rings (SSSR count). The van der Waals surface area contributed by atoms with Crippen LogP contribution in [0, 0.1) is 0 Å². The number of nitrogens with one attached hydrogen (secondary N) is 1. The maximum atomic E-state index is 12.0. The molecule has 0 aromatic carbocycles. The predicted molar refractivity (Wildman–Crippen MR) is 76.3 cm³/mol. The summed E-state index contributed by atoms with van der Waals surface area (Å²) < 4.78 is 27.1. The van der Waals surface area contributed by atoms with Crippen LogP contribution in [0.2, 0.25) is 0 Å². The van der Waals surface area contributed by atoms with Crippen molar-refractivity contribution in [3.8, 4) is 0 Å². The number of hydrogen-bond acceptors (Lipinski definition) is 5. The van der Waals surface area contributed by atoms with Crippen LogP contribution in [0.4, 0.5) is 0 Å². The van der Waals surface area contributed by atoms with Crippen LogP contribution in [0.15, 0.2) is 14.7 Å². The molecule has 104 valence electrons. The zero-order chi connectivity index (χ0) is 13.8. The molecule has 0 spiro atoms. The Kier molecular flexibility index (Phi) is 6.22. The van der Waals surface area contributed by atoms with E-state index in [0.29, 0.717) is 15.2 Å². The molecule has 0 radical (unpaired) electrons. The molecule has 8 heteroatoms. The second-order valence-electron chi connectivity index (χ2n) is 4.06. The molecule has 18 heavy (non-hydrogen) atoms. The molecule has 1 heterocycles. The minimum absolute atomic E-state index is 0.153. The fourth-order valence-electron chi connectivity index (χ4n) is 1.34. The molecule has 0 aliphatic carbocycles. The van der Waals surface area contributed by atoms with Gasteiger partial charge in [-0.1, -0.05) is 0 Å². The molecule has 0 fully saturated rings. The van der Waals surface area contributed by atoms with Crippen LogP contribution in [-0.2, 0) is 16.6 Å². The van der Waals surface area contributed by atoms with Gasteiger partial charge in [0, 0.05) is 11.4 Å². The SMILES string of the molecule is CN(C)CCCNS(=O)(=O)c1cc(CO)sc1Br. The van der Waals surface area contributed by atoms with E-state index in [0.717, 1.165) is 13.0 Å². The zero-order valence-corrected chi connectivity index (χ0v) is 13.5. The van der Waals surface area contributed by atoms with Gasteiger partial charge in [0.1, 0.15) is 4.90 Å². The molecule has 2 N–H and O–H groups in total. The highest BCUT2D eigenvalue weighted by Crippen LogP contribution is 2.31. The van der Waals surface area contributed by atoms with Crippen molar-refractivity contribution in [1.29, 1.82) is 0 Å². The lowest BCUT2D eigenvalue weighted by Crippen LogP contribution is -2.27. The first kappa shape index (κ1) is 16.1. The number of hydrogen-bond donors (Lipinski definition) is 2. The summed E-state index contributed by atoms with van der Waals surface area (Å²) in [5, 5.41) is 8.99. The number of thiophene rings is 1. The summed E-state index contributed by atoms with van der Waals surface area (Å²) in [5.41, 5.74) is 0. The molecule has 0 aliphatic rings. The van der Waals surface area contributed by atoms with E-state index in [9.17, 15) is 8.42 Å². The van der Waals surface area contributed by atoms with Crippen molar-refractivity contribution in [3.63, 3.8) is 0 Å². The summed E-state index contributed by atoms with van der Waals surface area (Å²) in [4.78, 5) is 2.82. The smallest absolute Gasteiger partial charge is 0.242 e. The first-order chi connectivity index (χ1) is 8.36. The standard InChI is InChI=1S/C10H17BrN2O3S2/c1-13(2)5-3-4-12-18(15,16)9-6-8(7-14)17-10(9)11/h6,12,14H,3-5,7H2,1-2H3. The van der Waals surface area contributed by atoms with Crippen molar-refractivity contribution in [2.24, 2.45) is 0 Å². The summed E-state index contributed by atoms with van der Waals surface area (Å²) in [7, 11) is 0.390. The Balaban J connectivity index is 2.65. The lowest BCUT2D eigenvalue weighted by Gasteiger charge is -2.09. The largest absolute Gasteiger partial charge is 0.391 e. The normalized spacial score (nSPS) is 12.3. The predicted octanol–water partition coefficient (Wildman–Crippen LogP) is 1.23. The fraction of sp³-hybridized carbons (Fsp3) is 0.600. The van der Waals surface area contributed by atoms with Gasteiger partial charge in [0.15, 0.2) is 0 Å². The Morgan fingerprint density at radius 2 is 2.17 bits per heavy atom. The van der Waals surface area contributed by atoms with Crippen molar-refractivity contribution in [2.75, 3.05) is 27.2 Å². The molecule has 5 nitrogen and oxygen atoms in total. The number of halogens is 1. The third-order valence-electron chi connectivity index (χ3n) is 2.23. The van der Waals surface area contributed by atoms with Crippen LogP contribution < -0.4 is 4.72 Å². The van der Waals surface area contributed by atoms with Crippen LogP contribution >= 0.6 is 27.3 Å². The van der Waals surface area contributed by atoms with Gasteiger partial charge >= 0.3 is 0 Å². The Morgan fingerprint density at radius 1 is 1.50 bits per heavy atom. The number of sulfonamides is 1. The van der Waals surface area contributed by atoms with Gasteiger partial charge in [-0.3, -0.25) is 0 Å². The molecule has 1 aromatic heterocycles. The maximum Gasteiger partial charge on any atom is 0.242 e. The maximum absolute atomic E-state index is 12.0. The highest BCUT2D eigenvalue weighted by atomic mass is 79.9. The van der Waals surface area contributed by atoms with Crippen LogP contribution in [-0.4, -0.2) is 45.6 Å². The minimum Gasteiger partial charge on any atom is -0.391 e. The second kappa shape index (κ2) is 6.97. The van der Waals surface area contributed by atoms with Gasteiger partial charge < -0.3 is 10.0 Å².